The number of aliphatic hydroxyl groups is 1. The second kappa shape index (κ2) is 31.8. The van der Waals surface area contributed by atoms with E-state index >= 15 is 4.39 Å². The number of ketones is 2. The SMILES string of the molecule is C[C@H](NC(=O)OCc1ccccc1)C(=O)C[C@@H](CC(=O)O)C(=O)N[C@@H](CC(N)=O)C(=O)N[C@@H](CCN(C(=O)CO)[C@@H](c1cc(-c2cc(F)ccc2F)cn1Cc1ccccc1)C(C)(C)C)C(=O)NCCCC(=O)CNC(=O)CCC(=O)O. The van der Waals surface area contributed by atoms with Crippen LogP contribution in [-0.4, -0.2) is 134 Å². The minimum atomic E-state index is -1.92. The monoisotopic (exact) mass is 1140 g/mol. The molecule has 0 fully saturated rings. The molecule has 1 aromatic heterocycles. The van der Waals surface area contributed by atoms with Gasteiger partial charge >= 0.3 is 18.0 Å². The van der Waals surface area contributed by atoms with E-state index in [1.165, 1.54) is 11.8 Å². The number of nitrogens with one attached hydrogen (secondary N) is 5. The fraction of sp³-hybridized carbons (Fsp3) is 0.421. The number of benzene rings is 3. The van der Waals surface area contributed by atoms with Crippen LogP contribution in [0.2, 0.25) is 0 Å². The lowest BCUT2D eigenvalue weighted by Crippen LogP contribution is -2.56. The smallest absolute Gasteiger partial charge is 0.408 e. The molecule has 0 aliphatic carbocycles. The lowest BCUT2D eigenvalue weighted by molar-refractivity contribution is -0.143. The number of hydrogen-bond donors (Lipinski definition) is 9. The highest BCUT2D eigenvalue weighted by Gasteiger charge is 2.39. The van der Waals surface area contributed by atoms with Crippen molar-refractivity contribution >= 4 is 65.0 Å². The number of rotatable bonds is 33. The van der Waals surface area contributed by atoms with Crippen LogP contribution in [0.5, 0.6) is 0 Å². The Labute approximate surface area is 471 Å². The average molecular weight is 1150 g/mol. The van der Waals surface area contributed by atoms with E-state index in [9.17, 15) is 67.3 Å². The summed E-state index contributed by atoms with van der Waals surface area (Å²) in [5.74, 6) is -13.2. The maximum atomic E-state index is 15.4. The lowest BCUT2D eigenvalue weighted by Gasteiger charge is -2.41. The molecule has 4 rings (SSSR count). The molecular weight excluding hydrogens is 1070 g/mol. The first-order chi connectivity index (χ1) is 38.7. The molecule has 82 heavy (non-hydrogen) atoms. The summed E-state index contributed by atoms with van der Waals surface area (Å²) >= 11 is 0. The fourth-order valence-corrected chi connectivity index (χ4v) is 8.73. The van der Waals surface area contributed by atoms with Crippen LogP contribution in [0.3, 0.4) is 0 Å². The lowest BCUT2D eigenvalue weighted by atomic mass is 9.82. The molecule has 25 heteroatoms. The number of primary amides is 1. The van der Waals surface area contributed by atoms with Crippen molar-refractivity contribution in [1.29, 1.82) is 0 Å². The summed E-state index contributed by atoms with van der Waals surface area (Å²) in [5.41, 5.74) is 6.52. The van der Waals surface area contributed by atoms with Crippen molar-refractivity contribution in [1.82, 2.24) is 36.1 Å². The van der Waals surface area contributed by atoms with Gasteiger partial charge in [0.25, 0.3) is 0 Å². The number of aliphatic hydroxyl groups excluding tert-OH is 1. The van der Waals surface area contributed by atoms with Crippen LogP contribution in [-0.2, 0) is 65.8 Å². The van der Waals surface area contributed by atoms with Gasteiger partial charge < -0.3 is 61.8 Å². The van der Waals surface area contributed by atoms with E-state index in [1.54, 1.807) is 86.1 Å². The second-order valence-electron chi connectivity index (χ2n) is 20.5. The molecule has 0 bridgehead atoms. The number of carboxylic acids is 2. The van der Waals surface area contributed by atoms with Gasteiger partial charge in [-0.25, -0.2) is 13.6 Å². The van der Waals surface area contributed by atoms with Crippen molar-refractivity contribution in [2.24, 2.45) is 17.1 Å². The van der Waals surface area contributed by atoms with Crippen molar-refractivity contribution in [3.63, 3.8) is 0 Å². The quantitative estimate of drug-likeness (QED) is 0.0309. The van der Waals surface area contributed by atoms with Crippen molar-refractivity contribution in [3.8, 4) is 11.1 Å². The summed E-state index contributed by atoms with van der Waals surface area (Å²) in [4.78, 5) is 144. The first kappa shape index (κ1) is 65.6. The summed E-state index contributed by atoms with van der Waals surface area (Å²) in [6, 6.07) is 16.2. The number of aliphatic carboxylic acids is 2. The Morgan fingerprint density at radius 2 is 1.38 bits per heavy atom. The second-order valence-corrected chi connectivity index (χ2v) is 20.5. The predicted octanol–water partition coefficient (Wildman–Crippen LogP) is 3.44. The Balaban J connectivity index is 1.66. The maximum Gasteiger partial charge on any atom is 0.408 e. The van der Waals surface area contributed by atoms with Crippen LogP contribution < -0.4 is 32.3 Å². The number of carbonyl (C=O) groups excluding carboxylic acids is 9. The van der Waals surface area contributed by atoms with Gasteiger partial charge in [0.15, 0.2) is 11.6 Å². The molecule has 3 aromatic carbocycles. The third-order valence-corrected chi connectivity index (χ3v) is 12.8. The minimum Gasteiger partial charge on any atom is -0.481 e. The van der Waals surface area contributed by atoms with Gasteiger partial charge in [-0.05, 0) is 60.6 Å². The van der Waals surface area contributed by atoms with Gasteiger partial charge in [-0.15, -0.1) is 0 Å². The number of nitrogens with zero attached hydrogens (tertiary/aromatic N) is 2. The largest absolute Gasteiger partial charge is 0.481 e. The zero-order chi connectivity index (χ0) is 60.7. The fourth-order valence-electron chi connectivity index (χ4n) is 8.73. The molecule has 0 saturated heterocycles. The number of alkyl carbamates (subject to hydrolysis) is 1. The number of nitrogens with two attached hydrogens (primary N) is 1. The van der Waals surface area contributed by atoms with Crippen LogP contribution in [0.15, 0.2) is 91.1 Å². The van der Waals surface area contributed by atoms with Crippen LogP contribution in [0.25, 0.3) is 11.1 Å². The van der Waals surface area contributed by atoms with Gasteiger partial charge in [-0.3, -0.25) is 47.9 Å². The summed E-state index contributed by atoms with van der Waals surface area (Å²) < 4.78 is 37.0. The third-order valence-electron chi connectivity index (χ3n) is 12.8. The Morgan fingerprint density at radius 1 is 0.732 bits per heavy atom. The predicted molar refractivity (Wildman–Crippen MR) is 290 cm³/mol. The van der Waals surface area contributed by atoms with Crippen molar-refractivity contribution in [2.45, 2.75) is 116 Å². The number of carboxylic acid groups (broad SMARTS) is 2. The zero-order valence-electron chi connectivity index (χ0n) is 45.9. The molecule has 0 radical (unpaired) electrons. The summed E-state index contributed by atoms with van der Waals surface area (Å²) in [5, 5.41) is 41.0. The molecule has 10 N–H and O–H groups in total. The Hall–Kier alpha value is -8.87. The van der Waals surface area contributed by atoms with Crippen LogP contribution in [0, 0.1) is 23.0 Å². The molecule has 23 nitrogen and oxygen atoms in total. The molecule has 7 amide bonds. The van der Waals surface area contributed by atoms with E-state index in [2.05, 4.69) is 26.6 Å². The first-order valence-electron chi connectivity index (χ1n) is 26.2. The van der Waals surface area contributed by atoms with Gasteiger partial charge in [0, 0.05) is 61.9 Å². The van der Waals surface area contributed by atoms with Crippen LogP contribution in [0.1, 0.15) is 102 Å². The molecule has 1 heterocycles. The molecule has 0 aliphatic heterocycles. The van der Waals surface area contributed by atoms with Gasteiger partial charge in [-0.1, -0.05) is 81.4 Å². The highest BCUT2D eigenvalue weighted by molar-refractivity contribution is 5.97. The average Bonchev–Trinajstić information content (AvgIpc) is 4.06. The highest BCUT2D eigenvalue weighted by atomic mass is 19.1. The van der Waals surface area contributed by atoms with Gasteiger partial charge in [0.05, 0.1) is 43.8 Å². The molecular formula is C57H70F2N8O15. The Kier molecular flexibility index (Phi) is 25.5. The number of ether oxygens (including phenoxy) is 1. The van der Waals surface area contributed by atoms with Crippen molar-refractivity contribution in [3.05, 3.63) is 120 Å². The number of carbonyl (C=O) groups is 11. The summed E-state index contributed by atoms with van der Waals surface area (Å²) in [6.07, 6.45) is -3.57. The van der Waals surface area contributed by atoms with Crippen LogP contribution >= 0.6 is 0 Å². The molecule has 0 unspecified atom stereocenters. The number of halogens is 2. The van der Waals surface area contributed by atoms with E-state index in [0.717, 1.165) is 23.8 Å². The standard InChI is InChI=1S/C57H70F2N8O15/c1-34(63-56(81)82-33-36-14-9-6-10-15-36)46(70)25-37(26-51(76)77)53(78)65-44(28-47(60)71)55(80)64-43(54(79)61-22-11-16-40(69)29-62-48(72)19-20-50(74)75)21-23-67(49(73)32-68)52(57(2,3)4)45-24-38(41-27-39(58)17-18-42(41)59)31-66(45)30-35-12-7-5-8-13-35/h5-10,12-15,17-18,24,27,31,34,37,43-44,52,68H,11,16,19-23,25-26,28-30,32-33H2,1-4H3,(H2,60,71)(H,61,79)(H,62,72)(H,63,81)(H,64,80)(H,65,78)(H,74,75)(H,76,77)/t34-,37-,43-,44-,52-/m0/s1. The zero-order valence-corrected chi connectivity index (χ0v) is 45.9. The topological polar surface area (TPSA) is 352 Å². The van der Waals surface area contributed by atoms with E-state index in [0.29, 0.717) is 11.3 Å². The van der Waals surface area contributed by atoms with Crippen molar-refractivity contribution < 1.29 is 81.6 Å². The molecule has 0 aliphatic rings. The Bertz CT molecular complexity index is 2920. The molecule has 442 valence electrons. The van der Waals surface area contributed by atoms with Crippen molar-refractivity contribution in [2.75, 3.05) is 26.2 Å². The van der Waals surface area contributed by atoms with Crippen LogP contribution in [0.4, 0.5) is 13.6 Å². The van der Waals surface area contributed by atoms with E-state index < -0.39 is 164 Å². The van der Waals surface area contributed by atoms with Gasteiger partial charge in [-0.2, -0.15) is 0 Å². The number of Topliss-reactive ketones (excluding diaryl/α,β-unsaturated/α-hetero) is 2. The maximum absolute atomic E-state index is 15.4. The summed E-state index contributed by atoms with van der Waals surface area (Å²) in [7, 11) is 0. The number of hydrogen-bond acceptors (Lipinski definition) is 13. The first-order valence-corrected chi connectivity index (χ1v) is 26.2. The molecule has 0 saturated carbocycles. The number of amides is 7. The van der Waals surface area contributed by atoms with E-state index in [4.69, 9.17) is 15.6 Å². The van der Waals surface area contributed by atoms with Gasteiger partial charge in [0.1, 0.15) is 36.9 Å². The normalized spacial score (nSPS) is 13.0. The summed E-state index contributed by atoms with van der Waals surface area (Å²) in [6.45, 7) is 4.46. The van der Waals surface area contributed by atoms with E-state index in [1.807, 2.05) is 12.1 Å². The molecule has 5 atom stereocenters. The number of aromatic nitrogens is 1. The Morgan fingerprint density at radius 3 is 1.99 bits per heavy atom. The molecule has 0 spiro atoms. The third kappa shape index (κ3) is 21.6. The van der Waals surface area contributed by atoms with E-state index in [-0.39, 0.29) is 50.1 Å². The molecule has 4 aromatic rings. The highest BCUT2D eigenvalue weighted by Crippen LogP contribution is 2.41. The minimum absolute atomic E-state index is 0.0167. The van der Waals surface area contributed by atoms with Gasteiger partial charge in [0.2, 0.25) is 35.4 Å².